The number of rotatable bonds is 7. The van der Waals surface area contributed by atoms with E-state index in [1.807, 2.05) is 0 Å². The van der Waals surface area contributed by atoms with Gasteiger partial charge in [-0.3, -0.25) is 14.8 Å². The Balaban J connectivity index is 1.36. The number of aliphatic hydroxyl groups excluding tert-OH is 1. The maximum atomic E-state index is 12.4. The first-order chi connectivity index (χ1) is 11.3. The summed E-state index contributed by atoms with van der Waals surface area (Å²) in [6, 6.07) is 0.353. The first kappa shape index (κ1) is 16.5. The normalized spacial score (nSPS) is 24.6. The molecule has 1 aliphatic carbocycles. The average Bonchev–Trinajstić information content (AvgIpc) is 3.22. The fraction of sp³-hybridized carbons (Fsp3) is 0.765. The molecule has 1 amide bonds. The van der Waals surface area contributed by atoms with E-state index in [0.29, 0.717) is 6.04 Å². The van der Waals surface area contributed by atoms with Crippen LogP contribution in [0.3, 0.4) is 0 Å². The van der Waals surface area contributed by atoms with Crippen molar-refractivity contribution in [2.24, 2.45) is 0 Å². The lowest BCUT2D eigenvalue weighted by Crippen LogP contribution is -2.34. The number of likely N-dealkylation sites (tertiary alicyclic amines) is 1. The molecule has 2 heterocycles. The molecule has 2 unspecified atom stereocenters. The molecule has 3 N–H and O–H groups in total. The van der Waals surface area contributed by atoms with Gasteiger partial charge in [0.1, 0.15) is 0 Å². The molecule has 1 saturated heterocycles. The number of unbranched alkanes of at least 4 members (excludes halogenated alkanes) is 1. The Morgan fingerprint density at radius 2 is 2.30 bits per heavy atom. The van der Waals surface area contributed by atoms with Crippen LogP contribution in [0.1, 0.15) is 55.7 Å². The Kier molecular flexibility index (Phi) is 5.67. The van der Waals surface area contributed by atoms with E-state index in [1.165, 1.54) is 6.42 Å². The first-order valence-electron chi connectivity index (χ1n) is 8.94. The van der Waals surface area contributed by atoms with Crippen molar-refractivity contribution >= 4 is 5.91 Å². The zero-order valence-corrected chi connectivity index (χ0v) is 13.8. The highest BCUT2D eigenvalue weighted by Gasteiger charge is 2.27. The van der Waals surface area contributed by atoms with E-state index < -0.39 is 0 Å². The molecule has 0 saturated carbocycles. The van der Waals surface area contributed by atoms with Gasteiger partial charge in [0, 0.05) is 23.8 Å². The average molecular weight is 320 g/mol. The molecule has 0 spiro atoms. The number of aromatic amines is 1. The summed E-state index contributed by atoms with van der Waals surface area (Å²) in [7, 11) is 0. The van der Waals surface area contributed by atoms with Crippen molar-refractivity contribution in [2.45, 2.75) is 56.9 Å². The maximum absolute atomic E-state index is 12.4. The smallest absolute Gasteiger partial charge is 0.227 e. The van der Waals surface area contributed by atoms with Crippen LogP contribution in [0, 0.1) is 0 Å². The Hall–Kier alpha value is -1.40. The van der Waals surface area contributed by atoms with Crippen LogP contribution in [-0.4, -0.2) is 58.4 Å². The molecular formula is C17H28N4O2. The molecule has 23 heavy (non-hydrogen) atoms. The van der Waals surface area contributed by atoms with E-state index in [4.69, 9.17) is 0 Å². The van der Waals surface area contributed by atoms with Gasteiger partial charge in [0.15, 0.2) is 0 Å². The second-order valence-corrected chi connectivity index (χ2v) is 6.76. The van der Waals surface area contributed by atoms with Gasteiger partial charge in [-0.15, -0.1) is 0 Å². The number of H-pyrrole nitrogens is 1. The molecule has 0 aromatic carbocycles. The minimum absolute atomic E-state index is 0.0325. The Bertz CT molecular complexity index is 516. The number of fused-ring (bicyclic) bond motifs is 1. The first-order valence-corrected chi connectivity index (χ1v) is 8.94. The van der Waals surface area contributed by atoms with Crippen LogP contribution in [0.5, 0.6) is 0 Å². The van der Waals surface area contributed by atoms with Crippen LogP contribution in [0.2, 0.25) is 0 Å². The van der Waals surface area contributed by atoms with Crippen LogP contribution in [-0.2, 0) is 11.2 Å². The molecule has 1 aromatic rings. The summed E-state index contributed by atoms with van der Waals surface area (Å²) in [5.41, 5.74) is 2.21. The van der Waals surface area contributed by atoms with E-state index >= 15 is 0 Å². The summed E-state index contributed by atoms with van der Waals surface area (Å²) >= 11 is 0. The quantitative estimate of drug-likeness (QED) is 0.659. The zero-order chi connectivity index (χ0) is 16.1. The zero-order valence-electron chi connectivity index (χ0n) is 13.8. The summed E-state index contributed by atoms with van der Waals surface area (Å²) in [4.78, 5) is 14.8. The highest BCUT2D eigenvalue weighted by atomic mass is 16.3. The third-order valence-corrected chi connectivity index (χ3v) is 5.24. The summed E-state index contributed by atoms with van der Waals surface area (Å²) in [5.74, 6) is 0.108. The number of amides is 1. The molecule has 3 rings (SSSR count). The second kappa shape index (κ2) is 7.93. The number of hydrogen-bond donors (Lipinski definition) is 3. The minimum Gasteiger partial charge on any atom is -0.395 e. The number of aryl methyl sites for hydroxylation is 1. The molecule has 2 atom stereocenters. The summed E-state index contributed by atoms with van der Waals surface area (Å²) in [5, 5.41) is 19.5. The SMILES string of the molecule is O=C(NCCCCN1CCCC1CO)C1CCCc2[nH]ncc21. The lowest BCUT2D eigenvalue weighted by atomic mass is 9.86. The van der Waals surface area contributed by atoms with Gasteiger partial charge < -0.3 is 10.4 Å². The largest absolute Gasteiger partial charge is 0.395 e. The van der Waals surface area contributed by atoms with Gasteiger partial charge in [-0.05, 0) is 58.0 Å². The van der Waals surface area contributed by atoms with E-state index in [-0.39, 0.29) is 18.4 Å². The maximum Gasteiger partial charge on any atom is 0.227 e. The lowest BCUT2D eigenvalue weighted by Gasteiger charge is -2.23. The molecule has 1 fully saturated rings. The number of carbonyl (C=O) groups excluding carboxylic acids is 1. The molecule has 1 aromatic heterocycles. The van der Waals surface area contributed by atoms with Crippen LogP contribution >= 0.6 is 0 Å². The van der Waals surface area contributed by atoms with Crippen LogP contribution in [0.4, 0.5) is 0 Å². The molecule has 0 radical (unpaired) electrons. The summed E-state index contributed by atoms with van der Waals surface area (Å²) in [6.45, 7) is 3.13. The van der Waals surface area contributed by atoms with Crippen molar-refractivity contribution < 1.29 is 9.90 Å². The highest BCUT2D eigenvalue weighted by Crippen LogP contribution is 2.30. The number of nitrogens with one attached hydrogen (secondary N) is 2. The van der Waals surface area contributed by atoms with Gasteiger partial charge in [0.05, 0.1) is 18.7 Å². The van der Waals surface area contributed by atoms with Crippen molar-refractivity contribution in [3.05, 3.63) is 17.5 Å². The molecule has 6 heteroatoms. The third kappa shape index (κ3) is 3.93. The minimum atomic E-state index is -0.0325. The Morgan fingerprint density at radius 3 is 3.17 bits per heavy atom. The molecule has 2 aliphatic rings. The fourth-order valence-corrected chi connectivity index (χ4v) is 3.90. The van der Waals surface area contributed by atoms with Gasteiger partial charge in [0.25, 0.3) is 0 Å². The van der Waals surface area contributed by atoms with E-state index in [2.05, 4.69) is 20.4 Å². The molecule has 0 bridgehead atoms. The fourth-order valence-electron chi connectivity index (χ4n) is 3.90. The Morgan fingerprint density at radius 1 is 1.39 bits per heavy atom. The standard InChI is InChI=1S/C17H28N4O2/c22-12-13-5-4-10-21(13)9-2-1-8-18-17(23)14-6-3-7-16-15(14)11-19-20-16/h11,13-14,22H,1-10,12H2,(H,18,23)(H,19,20). The van der Waals surface area contributed by atoms with Crippen molar-refractivity contribution in [3.8, 4) is 0 Å². The van der Waals surface area contributed by atoms with E-state index in [9.17, 15) is 9.90 Å². The number of hydrogen-bond acceptors (Lipinski definition) is 4. The Labute approximate surface area is 137 Å². The van der Waals surface area contributed by atoms with Crippen molar-refractivity contribution in [1.29, 1.82) is 0 Å². The number of aromatic nitrogens is 2. The van der Waals surface area contributed by atoms with Gasteiger partial charge in [-0.1, -0.05) is 0 Å². The van der Waals surface area contributed by atoms with Crippen molar-refractivity contribution in [2.75, 3.05) is 26.2 Å². The van der Waals surface area contributed by atoms with Crippen molar-refractivity contribution in [3.63, 3.8) is 0 Å². The molecule has 1 aliphatic heterocycles. The molecule has 128 valence electrons. The topological polar surface area (TPSA) is 81.3 Å². The predicted molar refractivity (Wildman–Crippen MR) is 88.2 cm³/mol. The number of carbonyl (C=O) groups is 1. The van der Waals surface area contributed by atoms with Crippen molar-refractivity contribution in [1.82, 2.24) is 20.4 Å². The van der Waals surface area contributed by atoms with Crippen LogP contribution < -0.4 is 5.32 Å². The monoisotopic (exact) mass is 320 g/mol. The van der Waals surface area contributed by atoms with Gasteiger partial charge >= 0.3 is 0 Å². The van der Waals surface area contributed by atoms with Gasteiger partial charge in [0.2, 0.25) is 5.91 Å². The second-order valence-electron chi connectivity index (χ2n) is 6.76. The highest BCUT2D eigenvalue weighted by molar-refractivity contribution is 5.84. The van der Waals surface area contributed by atoms with E-state index in [0.717, 1.165) is 69.4 Å². The third-order valence-electron chi connectivity index (χ3n) is 5.24. The number of aliphatic hydroxyl groups is 1. The van der Waals surface area contributed by atoms with Crippen LogP contribution in [0.15, 0.2) is 6.20 Å². The van der Waals surface area contributed by atoms with Gasteiger partial charge in [-0.2, -0.15) is 5.10 Å². The molecular weight excluding hydrogens is 292 g/mol. The predicted octanol–water partition coefficient (Wildman–Crippen LogP) is 1.18. The van der Waals surface area contributed by atoms with Crippen LogP contribution in [0.25, 0.3) is 0 Å². The lowest BCUT2D eigenvalue weighted by molar-refractivity contribution is -0.122. The van der Waals surface area contributed by atoms with E-state index in [1.54, 1.807) is 6.20 Å². The summed E-state index contributed by atoms with van der Waals surface area (Å²) < 4.78 is 0. The summed E-state index contributed by atoms with van der Waals surface area (Å²) in [6.07, 6.45) is 9.14. The molecule has 6 nitrogen and oxygen atoms in total. The number of nitrogens with zero attached hydrogens (tertiary/aromatic N) is 2. The van der Waals surface area contributed by atoms with Gasteiger partial charge in [-0.25, -0.2) is 0 Å².